The molecule has 0 bridgehead atoms. The minimum Gasteiger partial charge on any atom is -0.493 e. The molecule has 8 heteroatoms. The summed E-state index contributed by atoms with van der Waals surface area (Å²) in [4.78, 5) is 24.6. The molecule has 1 amide bonds. The fourth-order valence-corrected chi connectivity index (χ4v) is 2.53. The van der Waals surface area contributed by atoms with Gasteiger partial charge in [0, 0.05) is 16.6 Å². The van der Waals surface area contributed by atoms with Gasteiger partial charge in [0.25, 0.3) is 5.91 Å². The van der Waals surface area contributed by atoms with E-state index in [-0.39, 0.29) is 11.3 Å². The third-order valence-corrected chi connectivity index (χ3v) is 4.21. The quantitative estimate of drug-likeness (QED) is 0.665. The van der Waals surface area contributed by atoms with Crippen LogP contribution in [0.5, 0.6) is 17.2 Å². The molecule has 0 aliphatic carbocycles. The van der Waals surface area contributed by atoms with E-state index < -0.39 is 18.0 Å². The molecule has 0 unspecified atom stereocenters. The Morgan fingerprint density at radius 1 is 1.00 bits per heavy atom. The number of nitrogens with one attached hydrogen (secondary N) is 1. The highest BCUT2D eigenvalue weighted by Crippen LogP contribution is 2.34. The Hall–Kier alpha value is -2.74. The first-order valence-corrected chi connectivity index (χ1v) is 8.76. The normalized spacial score (nSPS) is 11.3. The van der Waals surface area contributed by atoms with Crippen molar-refractivity contribution in [1.29, 1.82) is 0 Å². The van der Waals surface area contributed by atoms with Crippen molar-refractivity contribution in [3.05, 3.63) is 46.4 Å². The summed E-state index contributed by atoms with van der Waals surface area (Å²) in [5.74, 6) is 0.196. The van der Waals surface area contributed by atoms with Crippen LogP contribution in [0, 0.1) is 0 Å². The lowest BCUT2D eigenvalue weighted by atomic mass is 10.1. The summed E-state index contributed by atoms with van der Waals surface area (Å²) in [6, 6.07) is 10.0. The SMILES string of the molecule is COC(=O)c1cc(OC)c(OC)cc1NC(=O)[C@@H](C)Oc1ccc(Br)cc1. The van der Waals surface area contributed by atoms with E-state index >= 15 is 0 Å². The molecular weight excluding hydrogens is 418 g/mol. The van der Waals surface area contributed by atoms with Gasteiger partial charge in [-0.2, -0.15) is 0 Å². The van der Waals surface area contributed by atoms with E-state index in [0.29, 0.717) is 17.2 Å². The standard InChI is InChI=1S/C19H20BrNO6/c1-11(27-13-7-5-12(20)6-8-13)18(22)21-15-10-17(25-3)16(24-2)9-14(15)19(23)26-4/h5-11H,1-4H3,(H,21,22)/t11-/m1/s1. The number of hydrogen-bond donors (Lipinski definition) is 1. The Kier molecular flexibility index (Phi) is 7.06. The predicted molar refractivity (Wildman–Crippen MR) is 104 cm³/mol. The maximum atomic E-state index is 12.5. The number of benzene rings is 2. The van der Waals surface area contributed by atoms with Gasteiger partial charge in [-0.15, -0.1) is 0 Å². The van der Waals surface area contributed by atoms with Crippen molar-refractivity contribution < 1.29 is 28.5 Å². The monoisotopic (exact) mass is 437 g/mol. The summed E-state index contributed by atoms with van der Waals surface area (Å²) < 4.78 is 21.7. The van der Waals surface area contributed by atoms with Crippen LogP contribution in [-0.2, 0) is 9.53 Å². The van der Waals surface area contributed by atoms with E-state index in [2.05, 4.69) is 21.2 Å². The first-order valence-electron chi connectivity index (χ1n) is 7.97. The summed E-state index contributed by atoms with van der Waals surface area (Å²) in [7, 11) is 4.16. The molecule has 0 saturated carbocycles. The van der Waals surface area contributed by atoms with Crippen LogP contribution in [0.4, 0.5) is 5.69 Å². The van der Waals surface area contributed by atoms with Crippen molar-refractivity contribution in [3.63, 3.8) is 0 Å². The lowest BCUT2D eigenvalue weighted by molar-refractivity contribution is -0.122. The average molecular weight is 438 g/mol. The van der Waals surface area contributed by atoms with Crippen molar-refractivity contribution in [2.75, 3.05) is 26.6 Å². The van der Waals surface area contributed by atoms with Crippen LogP contribution in [0.3, 0.4) is 0 Å². The molecule has 0 aliphatic heterocycles. The summed E-state index contributed by atoms with van der Waals surface area (Å²) in [6.07, 6.45) is -0.801. The first kappa shape index (κ1) is 20.6. The number of ether oxygens (including phenoxy) is 4. The number of hydrogen-bond acceptors (Lipinski definition) is 6. The van der Waals surface area contributed by atoms with Gasteiger partial charge < -0.3 is 24.3 Å². The summed E-state index contributed by atoms with van der Waals surface area (Å²) in [5, 5.41) is 2.67. The fourth-order valence-electron chi connectivity index (χ4n) is 2.27. The van der Waals surface area contributed by atoms with Crippen LogP contribution in [0.15, 0.2) is 40.9 Å². The molecule has 0 fully saturated rings. The number of carbonyl (C=O) groups is 2. The lowest BCUT2D eigenvalue weighted by Crippen LogP contribution is -2.30. The topological polar surface area (TPSA) is 83.1 Å². The Labute approximate surface area is 165 Å². The molecule has 0 aromatic heterocycles. The number of methoxy groups -OCH3 is 3. The number of amides is 1. The van der Waals surface area contributed by atoms with Gasteiger partial charge in [0.2, 0.25) is 0 Å². The highest BCUT2D eigenvalue weighted by molar-refractivity contribution is 9.10. The molecule has 1 atom stereocenters. The second-order valence-electron chi connectivity index (χ2n) is 5.45. The minimum absolute atomic E-state index is 0.138. The molecule has 0 saturated heterocycles. The Morgan fingerprint density at radius 3 is 2.15 bits per heavy atom. The summed E-state index contributed by atoms with van der Waals surface area (Å²) in [5.41, 5.74) is 0.370. The largest absolute Gasteiger partial charge is 0.493 e. The second-order valence-corrected chi connectivity index (χ2v) is 6.36. The van der Waals surface area contributed by atoms with E-state index in [0.717, 1.165) is 4.47 Å². The number of carbonyl (C=O) groups excluding carboxylic acids is 2. The van der Waals surface area contributed by atoms with Gasteiger partial charge in [0.15, 0.2) is 17.6 Å². The summed E-state index contributed by atoms with van der Waals surface area (Å²) in [6.45, 7) is 1.61. The molecule has 0 heterocycles. The zero-order valence-corrected chi connectivity index (χ0v) is 17.0. The van der Waals surface area contributed by atoms with Crippen LogP contribution >= 0.6 is 15.9 Å². The second kappa shape index (κ2) is 9.27. The van der Waals surface area contributed by atoms with Gasteiger partial charge in [-0.1, -0.05) is 15.9 Å². The van der Waals surface area contributed by atoms with Gasteiger partial charge in [0.05, 0.1) is 32.6 Å². The predicted octanol–water partition coefficient (Wildman–Crippen LogP) is 3.66. The van der Waals surface area contributed by atoms with Crippen LogP contribution < -0.4 is 19.5 Å². The van der Waals surface area contributed by atoms with Crippen LogP contribution in [0.25, 0.3) is 0 Å². The molecule has 0 radical (unpaired) electrons. The fraction of sp³-hybridized carbons (Fsp3) is 0.263. The van der Waals surface area contributed by atoms with Gasteiger partial charge in [0.1, 0.15) is 5.75 Å². The highest BCUT2D eigenvalue weighted by Gasteiger charge is 2.22. The van der Waals surface area contributed by atoms with Crippen molar-refractivity contribution in [3.8, 4) is 17.2 Å². The molecule has 2 aromatic carbocycles. The average Bonchev–Trinajstić information content (AvgIpc) is 2.68. The Balaban J connectivity index is 2.24. The van der Waals surface area contributed by atoms with E-state index in [1.54, 1.807) is 19.1 Å². The van der Waals surface area contributed by atoms with Gasteiger partial charge >= 0.3 is 5.97 Å². The molecule has 7 nitrogen and oxygen atoms in total. The number of halogens is 1. The third-order valence-electron chi connectivity index (χ3n) is 3.68. The molecule has 2 rings (SSSR count). The van der Waals surface area contributed by atoms with Crippen molar-refractivity contribution >= 4 is 33.5 Å². The number of rotatable bonds is 7. The van der Waals surface area contributed by atoms with E-state index in [1.807, 2.05) is 12.1 Å². The molecular formula is C19H20BrNO6. The molecule has 1 N–H and O–H groups in total. The molecule has 0 spiro atoms. The van der Waals surface area contributed by atoms with E-state index in [1.165, 1.54) is 33.5 Å². The Morgan fingerprint density at radius 2 is 1.59 bits per heavy atom. The number of anilines is 1. The molecule has 27 heavy (non-hydrogen) atoms. The molecule has 2 aromatic rings. The maximum Gasteiger partial charge on any atom is 0.340 e. The van der Waals surface area contributed by atoms with Gasteiger partial charge in [-0.3, -0.25) is 4.79 Å². The van der Waals surface area contributed by atoms with Crippen molar-refractivity contribution in [1.82, 2.24) is 0 Å². The lowest BCUT2D eigenvalue weighted by Gasteiger charge is -2.18. The third kappa shape index (κ3) is 5.13. The van der Waals surface area contributed by atoms with Gasteiger partial charge in [-0.25, -0.2) is 4.79 Å². The van der Waals surface area contributed by atoms with E-state index in [4.69, 9.17) is 18.9 Å². The van der Waals surface area contributed by atoms with Crippen LogP contribution in [0.2, 0.25) is 0 Å². The highest BCUT2D eigenvalue weighted by atomic mass is 79.9. The van der Waals surface area contributed by atoms with E-state index in [9.17, 15) is 9.59 Å². The first-order chi connectivity index (χ1) is 12.9. The van der Waals surface area contributed by atoms with Crippen LogP contribution in [0.1, 0.15) is 17.3 Å². The van der Waals surface area contributed by atoms with Crippen LogP contribution in [-0.4, -0.2) is 39.3 Å². The maximum absolute atomic E-state index is 12.5. The minimum atomic E-state index is -0.801. The number of esters is 1. The van der Waals surface area contributed by atoms with Gasteiger partial charge in [-0.05, 0) is 31.2 Å². The zero-order chi connectivity index (χ0) is 20.0. The molecule has 0 aliphatic rings. The Bertz CT molecular complexity index is 822. The summed E-state index contributed by atoms with van der Waals surface area (Å²) >= 11 is 3.34. The molecule has 144 valence electrons. The zero-order valence-electron chi connectivity index (χ0n) is 15.4. The van der Waals surface area contributed by atoms with Crippen molar-refractivity contribution in [2.45, 2.75) is 13.0 Å². The smallest absolute Gasteiger partial charge is 0.340 e. The van der Waals surface area contributed by atoms with Crippen molar-refractivity contribution in [2.24, 2.45) is 0 Å².